The van der Waals surface area contributed by atoms with E-state index in [1.54, 1.807) is 12.4 Å². The van der Waals surface area contributed by atoms with Crippen LogP contribution in [0.5, 0.6) is 5.75 Å². The van der Waals surface area contributed by atoms with Gasteiger partial charge in [0.1, 0.15) is 11.9 Å². The highest BCUT2D eigenvalue weighted by Crippen LogP contribution is 2.27. The van der Waals surface area contributed by atoms with E-state index in [9.17, 15) is 0 Å². The number of anilines is 1. The number of piperazine rings is 1. The number of nitrogens with zero attached hydrogens (tertiary/aromatic N) is 5. The van der Waals surface area contributed by atoms with Gasteiger partial charge in [-0.05, 0) is 17.7 Å². The van der Waals surface area contributed by atoms with Gasteiger partial charge in [-0.3, -0.25) is 4.99 Å². The molecule has 0 aliphatic carbocycles. The van der Waals surface area contributed by atoms with Gasteiger partial charge < -0.3 is 19.9 Å². The fourth-order valence-corrected chi connectivity index (χ4v) is 3.48. The van der Waals surface area contributed by atoms with E-state index in [-0.39, 0.29) is 6.10 Å². The molecule has 7 heteroatoms. The maximum atomic E-state index is 6.00. The molecule has 1 saturated heterocycles. The monoisotopic (exact) mass is 352 g/mol. The number of para-hydroxylation sites is 1. The first-order valence-corrected chi connectivity index (χ1v) is 9.05. The number of ether oxygens (including phenoxy) is 1. The lowest BCUT2D eigenvalue weighted by molar-refractivity contribution is 0.232. The molecule has 136 valence electrons. The molecule has 0 amide bonds. The molecule has 0 bridgehead atoms. The van der Waals surface area contributed by atoms with Crippen LogP contribution < -0.4 is 15.0 Å². The molecule has 1 aromatic carbocycles. The molecular weight excluding hydrogens is 328 g/mol. The molecule has 1 atom stereocenters. The second kappa shape index (κ2) is 7.59. The predicted molar refractivity (Wildman–Crippen MR) is 102 cm³/mol. The van der Waals surface area contributed by atoms with Gasteiger partial charge in [0.15, 0.2) is 5.96 Å². The number of fused-ring (bicyclic) bond motifs is 1. The summed E-state index contributed by atoms with van der Waals surface area (Å²) in [4.78, 5) is 17.6. The van der Waals surface area contributed by atoms with Gasteiger partial charge in [0, 0.05) is 52.0 Å². The van der Waals surface area contributed by atoms with Crippen molar-refractivity contribution in [2.45, 2.75) is 12.5 Å². The van der Waals surface area contributed by atoms with Crippen LogP contribution in [0.25, 0.3) is 0 Å². The minimum absolute atomic E-state index is 0.156. The number of nitrogens with one attached hydrogen (secondary N) is 1. The Labute approximate surface area is 153 Å². The molecule has 2 aliphatic heterocycles. The van der Waals surface area contributed by atoms with Crippen molar-refractivity contribution in [2.24, 2.45) is 4.99 Å². The van der Waals surface area contributed by atoms with Gasteiger partial charge >= 0.3 is 0 Å². The molecule has 4 rings (SSSR count). The second-order valence-corrected chi connectivity index (χ2v) is 6.50. The number of rotatable bonds is 3. The SMILES string of the molecule is CN=C(NCC1Cc2ccccc2O1)N1CCN(c2ncccn2)CC1. The Kier molecular flexibility index (Phi) is 4.86. The normalized spacial score (nSPS) is 19.9. The van der Waals surface area contributed by atoms with Gasteiger partial charge in [0.05, 0.1) is 6.54 Å². The smallest absolute Gasteiger partial charge is 0.225 e. The van der Waals surface area contributed by atoms with Crippen LogP contribution in [0.3, 0.4) is 0 Å². The van der Waals surface area contributed by atoms with Crippen molar-refractivity contribution in [2.75, 3.05) is 44.7 Å². The van der Waals surface area contributed by atoms with Gasteiger partial charge in [0.25, 0.3) is 0 Å². The third-order valence-corrected chi connectivity index (χ3v) is 4.83. The second-order valence-electron chi connectivity index (χ2n) is 6.50. The van der Waals surface area contributed by atoms with Crippen LogP contribution in [0.2, 0.25) is 0 Å². The number of hydrogen-bond acceptors (Lipinski definition) is 5. The van der Waals surface area contributed by atoms with Crippen molar-refractivity contribution >= 4 is 11.9 Å². The lowest BCUT2D eigenvalue weighted by Gasteiger charge is -2.36. The minimum atomic E-state index is 0.156. The molecule has 0 spiro atoms. The van der Waals surface area contributed by atoms with Crippen molar-refractivity contribution in [1.29, 1.82) is 0 Å². The van der Waals surface area contributed by atoms with Crippen LogP contribution in [-0.4, -0.2) is 66.7 Å². The van der Waals surface area contributed by atoms with Crippen LogP contribution in [-0.2, 0) is 6.42 Å². The molecular formula is C19H24N6O. The Hall–Kier alpha value is -2.83. The van der Waals surface area contributed by atoms with Gasteiger partial charge in [-0.25, -0.2) is 9.97 Å². The lowest BCUT2D eigenvalue weighted by Crippen LogP contribution is -2.53. The number of guanidine groups is 1. The zero-order valence-electron chi connectivity index (χ0n) is 15.0. The van der Waals surface area contributed by atoms with Gasteiger partial charge in [0.2, 0.25) is 5.95 Å². The zero-order chi connectivity index (χ0) is 17.8. The highest BCUT2D eigenvalue weighted by atomic mass is 16.5. The summed E-state index contributed by atoms with van der Waals surface area (Å²) >= 11 is 0. The molecule has 2 aromatic rings. The van der Waals surface area contributed by atoms with Crippen LogP contribution >= 0.6 is 0 Å². The molecule has 1 N–H and O–H groups in total. The van der Waals surface area contributed by atoms with Crippen molar-refractivity contribution < 1.29 is 4.74 Å². The maximum Gasteiger partial charge on any atom is 0.225 e. The Morgan fingerprint density at radius 3 is 2.65 bits per heavy atom. The van der Waals surface area contributed by atoms with Crippen molar-refractivity contribution in [3.8, 4) is 5.75 Å². The predicted octanol–water partition coefficient (Wildman–Crippen LogP) is 1.18. The maximum absolute atomic E-state index is 6.00. The van der Waals surface area contributed by atoms with E-state index in [0.29, 0.717) is 0 Å². The summed E-state index contributed by atoms with van der Waals surface area (Å²) in [7, 11) is 1.83. The van der Waals surface area contributed by atoms with Crippen LogP contribution in [0, 0.1) is 0 Å². The number of aromatic nitrogens is 2. The van der Waals surface area contributed by atoms with Crippen LogP contribution in [0.4, 0.5) is 5.95 Å². The van der Waals surface area contributed by atoms with Gasteiger partial charge in [-0.15, -0.1) is 0 Å². The molecule has 7 nitrogen and oxygen atoms in total. The first-order chi connectivity index (χ1) is 12.8. The van der Waals surface area contributed by atoms with E-state index < -0.39 is 0 Å². The molecule has 1 aromatic heterocycles. The summed E-state index contributed by atoms with van der Waals surface area (Å²) < 4.78 is 6.00. The largest absolute Gasteiger partial charge is 0.488 e. The van der Waals surface area contributed by atoms with Crippen molar-refractivity contribution in [3.05, 3.63) is 48.3 Å². The molecule has 1 unspecified atom stereocenters. The number of hydrogen-bond donors (Lipinski definition) is 1. The van der Waals surface area contributed by atoms with Crippen LogP contribution in [0.15, 0.2) is 47.7 Å². The first-order valence-electron chi connectivity index (χ1n) is 9.05. The van der Waals surface area contributed by atoms with Crippen molar-refractivity contribution in [3.63, 3.8) is 0 Å². The molecule has 26 heavy (non-hydrogen) atoms. The van der Waals surface area contributed by atoms with Gasteiger partial charge in [-0.1, -0.05) is 18.2 Å². The number of benzene rings is 1. The summed E-state index contributed by atoms with van der Waals surface area (Å²) in [5.74, 6) is 2.73. The summed E-state index contributed by atoms with van der Waals surface area (Å²) in [6.07, 6.45) is 4.67. The Morgan fingerprint density at radius 1 is 1.15 bits per heavy atom. The molecule has 1 fully saturated rings. The third kappa shape index (κ3) is 3.56. The standard InChI is InChI=1S/C19H24N6O/c1-20-18(23-14-16-13-15-5-2-3-6-17(15)26-16)24-9-11-25(12-10-24)19-21-7-4-8-22-19/h2-8,16H,9-14H2,1H3,(H,20,23). The van der Waals surface area contributed by atoms with E-state index in [1.807, 2.05) is 25.2 Å². The summed E-state index contributed by atoms with van der Waals surface area (Å²) in [5.41, 5.74) is 1.28. The zero-order valence-corrected chi connectivity index (χ0v) is 15.0. The molecule has 0 radical (unpaired) electrons. The molecule has 3 heterocycles. The van der Waals surface area contributed by atoms with E-state index >= 15 is 0 Å². The van der Waals surface area contributed by atoms with E-state index in [2.05, 4.69) is 42.2 Å². The highest BCUT2D eigenvalue weighted by Gasteiger charge is 2.25. The third-order valence-electron chi connectivity index (χ3n) is 4.83. The van der Waals surface area contributed by atoms with Crippen molar-refractivity contribution in [1.82, 2.24) is 20.2 Å². The van der Waals surface area contributed by atoms with E-state index in [1.165, 1.54) is 5.56 Å². The fourth-order valence-electron chi connectivity index (χ4n) is 3.48. The first kappa shape index (κ1) is 16.6. The van der Waals surface area contributed by atoms with E-state index in [0.717, 1.165) is 56.8 Å². The topological polar surface area (TPSA) is 65.9 Å². The summed E-state index contributed by atoms with van der Waals surface area (Å²) in [5, 5.41) is 3.47. The Bertz CT molecular complexity index is 733. The van der Waals surface area contributed by atoms with Crippen LogP contribution in [0.1, 0.15) is 5.56 Å². The Morgan fingerprint density at radius 2 is 1.92 bits per heavy atom. The fraction of sp³-hybridized carbons (Fsp3) is 0.421. The van der Waals surface area contributed by atoms with E-state index in [4.69, 9.17) is 4.74 Å². The summed E-state index contributed by atoms with van der Waals surface area (Å²) in [6.45, 7) is 4.31. The molecule has 0 saturated carbocycles. The minimum Gasteiger partial charge on any atom is -0.488 e. The summed E-state index contributed by atoms with van der Waals surface area (Å²) in [6, 6.07) is 10.1. The lowest BCUT2D eigenvalue weighted by atomic mass is 10.1. The quantitative estimate of drug-likeness (QED) is 0.661. The molecule has 2 aliphatic rings. The average molecular weight is 352 g/mol. The van der Waals surface area contributed by atoms with Gasteiger partial charge in [-0.2, -0.15) is 0 Å². The highest BCUT2D eigenvalue weighted by molar-refractivity contribution is 5.80. The Balaban J connectivity index is 1.28. The number of aliphatic imine (C=N–C) groups is 1. The average Bonchev–Trinajstić information content (AvgIpc) is 3.12.